The molecule has 0 aromatic rings. The van der Waals surface area contributed by atoms with Crippen LogP contribution in [0.15, 0.2) is 0 Å². The molecular formula is C32H71BeK. The van der Waals surface area contributed by atoms with Crippen LogP contribution in [0.2, 0.25) is 0 Å². The van der Waals surface area contributed by atoms with E-state index < -0.39 is 0 Å². The normalized spacial score (nSPS) is 10.2. The maximum atomic E-state index is 2.29. The molecular weight excluding hydrogens is 432 g/mol. The third-order valence-corrected chi connectivity index (χ3v) is 6.91. The molecule has 0 aliphatic carbocycles. The standard InChI is InChI=1S/2C16H34.Be.K.3H/c2*1-3-5-7-9-11-13-15-16-14-12-10-8-6-4-2;;;;;/h2*3-16H2,1-2H3;;;;;. The van der Waals surface area contributed by atoms with Gasteiger partial charge in [0, 0.05) is 0 Å². The zero-order chi connectivity index (χ0) is 23.8. The number of hydrogen-bond donors (Lipinski definition) is 0. The second-order valence-corrected chi connectivity index (χ2v) is 10.5. The Kier molecular flexibility index (Phi) is 56.5. The molecule has 0 aromatic carbocycles. The van der Waals surface area contributed by atoms with E-state index in [0.717, 1.165) is 0 Å². The first-order valence-corrected chi connectivity index (χ1v) is 15.8. The van der Waals surface area contributed by atoms with Gasteiger partial charge in [0.1, 0.15) is 0 Å². The van der Waals surface area contributed by atoms with Gasteiger partial charge in [0.25, 0.3) is 0 Å². The Morgan fingerprint density at radius 3 is 0.382 bits per heavy atom. The van der Waals surface area contributed by atoms with Gasteiger partial charge in [-0.2, -0.15) is 0 Å². The van der Waals surface area contributed by atoms with Crippen molar-refractivity contribution in [2.24, 2.45) is 0 Å². The van der Waals surface area contributed by atoms with Crippen molar-refractivity contribution >= 4 is 61.5 Å². The fourth-order valence-corrected chi connectivity index (χ4v) is 4.54. The van der Waals surface area contributed by atoms with Crippen LogP contribution in [-0.2, 0) is 0 Å². The van der Waals surface area contributed by atoms with Gasteiger partial charge in [-0.05, 0) is 0 Å². The Labute approximate surface area is 266 Å². The van der Waals surface area contributed by atoms with Gasteiger partial charge >= 0.3 is 61.5 Å². The fraction of sp³-hybridized carbons (Fsp3) is 1.00. The van der Waals surface area contributed by atoms with Crippen molar-refractivity contribution in [3.63, 3.8) is 0 Å². The van der Waals surface area contributed by atoms with Crippen molar-refractivity contribution in [3.8, 4) is 0 Å². The van der Waals surface area contributed by atoms with E-state index in [1.165, 1.54) is 180 Å². The molecule has 0 aliphatic rings. The molecule has 0 nitrogen and oxygen atoms in total. The van der Waals surface area contributed by atoms with Crippen molar-refractivity contribution in [2.45, 2.75) is 207 Å². The van der Waals surface area contributed by atoms with E-state index in [1.54, 1.807) is 0 Å². The summed E-state index contributed by atoms with van der Waals surface area (Å²) >= 11 is 0. The topological polar surface area (TPSA) is 0 Å². The van der Waals surface area contributed by atoms with Crippen LogP contribution in [0.5, 0.6) is 0 Å². The van der Waals surface area contributed by atoms with Crippen molar-refractivity contribution < 1.29 is 0 Å². The molecule has 0 saturated heterocycles. The Morgan fingerprint density at radius 2 is 0.294 bits per heavy atom. The summed E-state index contributed by atoms with van der Waals surface area (Å²) in [5, 5.41) is 0. The molecule has 0 fully saturated rings. The zero-order valence-electron chi connectivity index (χ0n) is 23.8. The average molecular weight is 504 g/mol. The van der Waals surface area contributed by atoms with Gasteiger partial charge in [-0.25, -0.2) is 0 Å². The van der Waals surface area contributed by atoms with Crippen molar-refractivity contribution in [1.29, 1.82) is 0 Å². The molecule has 202 valence electrons. The van der Waals surface area contributed by atoms with Crippen molar-refractivity contribution in [3.05, 3.63) is 0 Å². The molecule has 0 atom stereocenters. The van der Waals surface area contributed by atoms with Gasteiger partial charge in [0.15, 0.2) is 0 Å². The number of rotatable bonds is 26. The first-order chi connectivity index (χ1) is 15.8. The first kappa shape index (κ1) is 42.9. The third kappa shape index (κ3) is 47.1. The average Bonchev–Trinajstić information content (AvgIpc) is 2.81. The molecule has 0 rings (SSSR count). The van der Waals surface area contributed by atoms with E-state index in [1.807, 2.05) is 0 Å². The molecule has 0 radical (unpaired) electrons. The Balaban J connectivity index is -0.000000250. The minimum atomic E-state index is 0. The SMILES string of the molecule is CCCCCCCCCCCCCCCC.CCCCCCCCCCCCCCCC.[BeH2].[KH]. The van der Waals surface area contributed by atoms with Crippen LogP contribution in [-0.4, -0.2) is 61.5 Å². The zero-order valence-corrected chi connectivity index (χ0v) is 23.8. The summed E-state index contributed by atoms with van der Waals surface area (Å²) in [4.78, 5) is 0. The van der Waals surface area contributed by atoms with Crippen molar-refractivity contribution in [2.75, 3.05) is 0 Å². The summed E-state index contributed by atoms with van der Waals surface area (Å²) in [5.41, 5.74) is 0. The summed E-state index contributed by atoms with van der Waals surface area (Å²) in [6.07, 6.45) is 40.8. The van der Waals surface area contributed by atoms with Crippen LogP contribution < -0.4 is 0 Å². The maximum absolute atomic E-state index is 2.29. The first-order valence-electron chi connectivity index (χ1n) is 15.8. The quantitative estimate of drug-likeness (QED) is 0.0812. The molecule has 0 heterocycles. The van der Waals surface area contributed by atoms with E-state index in [9.17, 15) is 0 Å². The summed E-state index contributed by atoms with van der Waals surface area (Å²) in [5.74, 6) is 0. The van der Waals surface area contributed by atoms with Gasteiger partial charge in [0.05, 0.1) is 0 Å². The number of hydrogen-bond acceptors (Lipinski definition) is 0. The van der Waals surface area contributed by atoms with E-state index >= 15 is 0 Å². The van der Waals surface area contributed by atoms with Crippen LogP contribution in [0.4, 0.5) is 0 Å². The Morgan fingerprint density at radius 1 is 0.206 bits per heavy atom. The van der Waals surface area contributed by atoms with E-state index in [2.05, 4.69) is 27.7 Å². The van der Waals surface area contributed by atoms with Crippen LogP contribution >= 0.6 is 0 Å². The second kappa shape index (κ2) is 44.8. The van der Waals surface area contributed by atoms with Gasteiger partial charge in [-0.3, -0.25) is 0 Å². The van der Waals surface area contributed by atoms with Gasteiger partial charge in [-0.15, -0.1) is 0 Å². The Hall–Kier alpha value is 1.81. The molecule has 0 amide bonds. The summed E-state index contributed by atoms with van der Waals surface area (Å²) in [7, 11) is 0. The third-order valence-electron chi connectivity index (χ3n) is 6.91. The van der Waals surface area contributed by atoms with Crippen molar-refractivity contribution in [1.82, 2.24) is 0 Å². The predicted molar refractivity (Wildman–Crippen MR) is 168 cm³/mol. The van der Waals surface area contributed by atoms with Crippen LogP contribution in [0.1, 0.15) is 207 Å². The molecule has 0 bridgehead atoms. The van der Waals surface area contributed by atoms with Gasteiger partial charge in [0.2, 0.25) is 0 Å². The van der Waals surface area contributed by atoms with Crippen LogP contribution in [0.3, 0.4) is 0 Å². The number of unbranched alkanes of at least 4 members (excludes halogenated alkanes) is 26. The van der Waals surface area contributed by atoms with E-state index in [-0.39, 0.29) is 61.5 Å². The van der Waals surface area contributed by atoms with Crippen LogP contribution in [0, 0.1) is 0 Å². The molecule has 0 unspecified atom stereocenters. The summed E-state index contributed by atoms with van der Waals surface area (Å²) in [6.45, 7) is 9.16. The minimum absolute atomic E-state index is 0. The molecule has 0 spiro atoms. The molecule has 34 heavy (non-hydrogen) atoms. The van der Waals surface area contributed by atoms with Gasteiger partial charge < -0.3 is 0 Å². The molecule has 0 aliphatic heterocycles. The molecule has 2 heteroatoms. The van der Waals surface area contributed by atoms with Crippen LogP contribution in [0.25, 0.3) is 0 Å². The molecule has 0 aromatic heterocycles. The van der Waals surface area contributed by atoms with Gasteiger partial charge in [-0.1, -0.05) is 207 Å². The monoisotopic (exact) mass is 504 g/mol. The predicted octanol–water partition coefficient (Wildman–Crippen LogP) is 11.4. The van der Waals surface area contributed by atoms with E-state index in [0.29, 0.717) is 0 Å². The molecule has 0 N–H and O–H groups in total. The summed E-state index contributed by atoms with van der Waals surface area (Å²) < 4.78 is 0. The second-order valence-electron chi connectivity index (χ2n) is 10.5. The summed E-state index contributed by atoms with van der Waals surface area (Å²) in [6, 6.07) is 0. The molecule has 0 saturated carbocycles. The van der Waals surface area contributed by atoms with E-state index in [4.69, 9.17) is 0 Å². The fourth-order valence-electron chi connectivity index (χ4n) is 4.54. The Bertz CT molecular complexity index is 226.